The summed E-state index contributed by atoms with van der Waals surface area (Å²) < 4.78 is 5.15. The van der Waals surface area contributed by atoms with Crippen molar-refractivity contribution in [1.29, 1.82) is 0 Å². The van der Waals surface area contributed by atoms with Crippen molar-refractivity contribution in [3.63, 3.8) is 0 Å². The lowest BCUT2D eigenvalue weighted by Gasteiger charge is -2.37. The highest BCUT2D eigenvalue weighted by Crippen LogP contribution is 2.44. The summed E-state index contributed by atoms with van der Waals surface area (Å²) >= 11 is 0. The molecule has 2 N–H and O–H groups in total. The van der Waals surface area contributed by atoms with E-state index in [2.05, 4.69) is 0 Å². The van der Waals surface area contributed by atoms with E-state index >= 15 is 0 Å². The summed E-state index contributed by atoms with van der Waals surface area (Å²) in [5.41, 5.74) is -4.09. The number of carbonyl (C=O) groups excluding carboxylic acids is 1. The Morgan fingerprint density at radius 2 is 1.70 bits per heavy atom. The minimum absolute atomic E-state index is 0.181. The van der Waals surface area contributed by atoms with Gasteiger partial charge >= 0.3 is 17.9 Å². The van der Waals surface area contributed by atoms with Gasteiger partial charge in [0, 0.05) is 0 Å². The van der Waals surface area contributed by atoms with E-state index in [1.807, 2.05) is 0 Å². The van der Waals surface area contributed by atoms with Crippen molar-refractivity contribution in [2.45, 2.75) is 46.1 Å². The van der Waals surface area contributed by atoms with Crippen LogP contribution in [0.1, 0.15) is 40.5 Å². The average Bonchev–Trinajstić information content (AvgIpc) is 2.26. The molecule has 0 saturated carbocycles. The van der Waals surface area contributed by atoms with Gasteiger partial charge in [-0.05, 0) is 40.5 Å². The molecule has 0 aromatic rings. The van der Waals surface area contributed by atoms with Crippen LogP contribution >= 0.6 is 0 Å². The van der Waals surface area contributed by atoms with E-state index in [-0.39, 0.29) is 12.8 Å². The Morgan fingerprint density at radius 3 is 2.10 bits per heavy atom. The van der Waals surface area contributed by atoms with Crippen LogP contribution in [-0.4, -0.2) is 33.7 Å². The first-order valence-corrected chi connectivity index (χ1v) is 6.31. The van der Waals surface area contributed by atoms with Crippen molar-refractivity contribution in [1.82, 2.24) is 0 Å². The second-order valence-electron chi connectivity index (χ2n) is 6.43. The Bertz CT molecular complexity index is 473. The summed E-state index contributed by atoms with van der Waals surface area (Å²) in [6.07, 6.45) is 2.53. The minimum Gasteiger partial charge on any atom is -0.481 e. The van der Waals surface area contributed by atoms with Gasteiger partial charge in [-0.15, -0.1) is 0 Å². The van der Waals surface area contributed by atoms with Crippen LogP contribution in [0.4, 0.5) is 0 Å². The van der Waals surface area contributed by atoms with Gasteiger partial charge in [0.15, 0.2) is 5.41 Å². The first kappa shape index (κ1) is 16.2. The van der Waals surface area contributed by atoms with Gasteiger partial charge in [0.05, 0.1) is 5.41 Å². The van der Waals surface area contributed by atoms with Gasteiger partial charge in [-0.25, -0.2) is 0 Å². The van der Waals surface area contributed by atoms with Crippen LogP contribution < -0.4 is 0 Å². The molecule has 1 aliphatic rings. The zero-order valence-electron chi connectivity index (χ0n) is 12.1. The number of carbonyl (C=O) groups is 3. The molecular formula is C14H20O6. The van der Waals surface area contributed by atoms with Crippen LogP contribution in [0.3, 0.4) is 0 Å². The van der Waals surface area contributed by atoms with E-state index in [1.54, 1.807) is 20.8 Å². The fourth-order valence-corrected chi connectivity index (χ4v) is 2.17. The Balaban J connectivity index is 3.21. The number of allylic oxidation sites excluding steroid dienone is 1. The highest BCUT2D eigenvalue weighted by Gasteiger charge is 2.55. The van der Waals surface area contributed by atoms with Crippen molar-refractivity contribution in [3.8, 4) is 0 Å². The monoisotopic (exact) mass is 284 g/mol. The number of rotatable bonds is 3. The second-order valence-corrected chi connectivity index (χ2v) is 6.43. The number of carboxylic acid groups (broad SMARTS) is 2. The highest BCUT2D eigenvalue weighted by atomic mass is 16.6. The predicted molar refractivity (Wildman–Crippen MR) is 70.0 cm³/mol. The van der Waals surface area contributed by atoms with Crippen molar-refractivity contribution in [2.24, 2.45) is 10.8 Å². The van der Waals surface area contributed by atoms with Crippen LogP contribution in [-0.2, 0) is 19.1 Å². The van der Waals surface area contributed by atoms with Crippen LogP contribution in [0, 0.1) is 10.8 Å². The molecule has 0 aromatic carbocycles. The molecule has 0 amide bonds. The number of hydrogen-bond donors (Lipinski definition) is 2. The molecular weight excluding hydrogens is 264 g/mol. The SMILES string of the molecule is CC(C)(C)OC(=O)[C@]1(C(=O)O)C=CCC(C)(C(=O)O)C1. The molecule has 6 heteroatoms. The average molecular weight is 284 g/mol. The minimum atomic E-state index is -1.95. The standard InChI is InChI=1S/C14H20O6/c1-12(2,3)20-11(19)14(10(17)18)7-5-6-13(4,8-14)9(15)16/h5,7H,6,8H2,1-4H3,(H,15,16)(H,17,18)/t13?,14-/m1/s1. The van der Waals surface area contributed by atoms with Gasteiger partial charge in [-0.2, -0.15) is 0 Å². The molecule has 0 heterocycles. The Labute approximate surface area is 117 Å². The largest absolute Gasteiger partial charge is 0.481 e. The smallest absolute Gasteiger partial charge is 0.327 e. The van der Waals surface area contributed by atoms with Crippen molar-refractivity contribution < 1.29 is 29.3 Å². The van der Waals surface area contributed by atoms with Crippen LogP contribution in [0.15, 0.2) is 12.2 Å². The molecule has 1 rings (SSSR count). The quantitative estimate of drug-likeness (QED) is 0.466. The topological polar surface area (TPSA) is 101 Å². The fraction of sp³-hybridized carbons (Fsp3) is 0.643. The molecule has 0 aliphatic heterocycles. The Hall–Kier alpha value is -1.85. The molecule has 0 saturated heterocycles. The molecule has 0 radical (unpaired) electrons. The maximum Gasteiger partial charge on any atom is 0.327 e. The van der Waals surface area contributed by atoms with Gasteiger partial charge < -0.3 is 14.9 Å². The molecule has 0 fully saturated rings. The first-order chi connectivity index (χ1) is 8.93. The lowest BCUT2D eigenvalue weighted by atomic mass is 9.66. The number of hydrogen-bond acceptors (Lipinski definition) is 4. The summed E-state index contributed by atoms with van der Waals surface area (Å²) in [5.74, 6) is -3.45. The third kappa shape index (κ3) is 3.00. The third-order valence-electron chi connectivity index (χ3n) is 3.30. The summed E-state index contributed by atoms with van der Waals surface area (Å²) in [7, 11) is 0. The lowest BCUT2D eigenvalue weighted by Crippen LogP contribution is -2.48. The first-order valence-electron chi connectivity index (χ1n) is 6.31. The van der Waals surface area contributed by atoms with E-state index in [4.69, 9.17) is 4.74 Å². The molecule has 1 unspecified atom stereocenters. The number of carboxylic acids is 2. The predicted octanol–water partition coefficient (Wildman–Crippen LogP) is 1.84. The van der Waals surface area contributed by atoms with E-state index < -0.39 is 34.3 Å². The molecule has 1 aliphatic carbocycles. The summed E-state index contributed by atoms with van der Waals surface area (Å²) in [5, 5.41) is 18.7. The van der Waals surface area contributed by atoms with E-state index in [0.29, 0.717) is 0 Å². The lowest BCUT2D eigenvalue weighted by molar-refractivity contribution is -0.177. The van der Waals surface area contributed by atoms with Gasteiger partial charge in [0.2, 0.25) is 0 Å². The molecule has 0 aromatic heterocycles. The summed E-state index contributed by atoms with van der Waals surface area (Å²) in [6.45, 7) is 6.32. The maximum absolute atomic E-state index is 12.2. The van der Waals surface area contributed by atoms with Crippen LogP contribution in [0.2, 0.25) is 0 Å². The van der Waals surface area contributed by atoms with Gasteiger partial charge in [-0.1, -0.05) is 12.2 Å². The molecule has 6 nitrogen and oxygen atoms in total. The fourth-order valence-electron chi connectivity index (χ4n) is 2.17. The van der Waals surface area contributed by atoms with Crippen molar-refractivity contribution >= 4 is 17.9 Å². The zero-order chi connectivity index (χ0) is 15.8. The second kappa shape index (κ2) is 4.92. The Morgan fingerprint density at radius 1 is 1.15 bits per heavy atom. The zero-order valence-corrected chi connectivity index (χ0v) is 12.1. The van der Waals surface area contributed by atoms with E-state index in [1.165, 1.54) is 19.1 Å². The highest BCUT2D eigenvalue weighted by molar-refractivity contribution is 6.02. The molecule has 112 valence electrons. The van der Waals surface area contributed by atoms with E-state index in [0.717, 1.165) is 0 Å². The molecule has 0 bridgehead atoms. The molecule has 20 heavy (non-hydrogen) atoms. The number of aliphatic carboxylic acids is 2. The van der Waals surface area contributed by atoms with E-state index in [9.17, 15) is 24.6 Å². The van der Waals surface area contributed by atoms with Crippen molar-refractivity contribution in [2.75, 3.05) is 0 Å². The van der Waals surface area contributed by atoms with Crippen LogP contribution in [0.5, 0.6) is 0 Å². The van der Waals surface area contributed by atoms with Gasteiger partial charge in [0.25, 0.3) is 0 Å². The number of esters is 1. The Kier molecular flexibility index (Phi) is 3.99. The molecule has 0 spiro atoms. The summed E-state index contributed by atoms with van der Waals surface area (Å²) in [6, 6.07) is 0. The normalized spacial score (nSPS) is 29.8. The van der Waals surface area contributed by atoms with Gasteiger partial charge in [0.1, 0.15) is 5.60 Å². The summed E-state index contributed by atoms with van der Waals surface area (Å²) in [4.78, 5) is 35.1. The van der Waals surface area contributed by atoms with Crippen LogP contribution in [0.25, 0.3) is 0 Å². The van der Waals surface area contributed by atoms with Crippen molar-refractivity contribution in [3.05, 3.63) is 12.2 Å². The number of ether oxygens (including phenoxy) is 1. The third-order valence-corrected chi connectivity index (χ3v) is 3.30. The maximum atomic E-state index is 12.2. The molecule has 2 atom stereocenters. The van der Waals surface area contributed by atoms with Gasteiger partial charge in [-0.3, -0.25) is 14.4 Å².